The Morgan fingerprint density at radius 2 is 1.04 bits per heavy atom. The number of hydrogen-bond donors (Lipinski definition) is 6. The van der Waals surface area contributed by atoms with Crippen molar-refractivity contribution in [3.8, 4) is 0 Å². The third-order valence-corrected chi connectivity index (χ3v) is 12.6. The molecule has 6 N–H and O–H groups in total. The van der Waals surface area contributed by atoms with Gasteiger partial charge < -0.3 is 45.1 Å². The van der Waals surface area contributed by atoms with Gasteiger partial charge in [-0.2, -0.15) is 0 Å². The SMILES string of the molecule is CC/C=C\C/C=C\C/C=C\C/C=C\C/C=C\CCCCCC(=O)OC1C(OCC(NC(=O)C(O)CCCCCCCCCCCC)C(O)/C=C/CCCCCCCCCCC)OC(CO)C(O)C1O. The zero-order chi connectivity index (χ0) is 50.4. The van der Waals surface area contributed by atoms with Crippen LogP contribution >= 0.6 is 0 Å². The quantitative estimate of drug-likeness (QED) is 0.0196. The van der Waals surface area contributed by atoms with Crippen molar-refractivity contribution in [2.45, 2.75) is 269 Å². The maximum absolute atomic E-state index is 13.3. The molecule has 1 amide bonds. The van der Waals surface area contributed by atoms with Gasteiger partial charge in [-0.25, -0.2) is 0 Å². The fraction of sp³-hybridized carbons (Fsp3) is 0.759. The lowest BCUT2D eigenvalue weighted by Crippen LogP contribution is -2.61. The lowest BCUT2D eigenvalue weighted by Gasteiger charge is -2.41. The smallest absolute Gasteiger partial charge is 0.306 e. The van der Waals surface area contributed by atoms with E-state index in [1.807, 2.05) is 6.08 Å². The van der Waals surface area contributed by atoms with E-state index in [-0.39, 0.29) is 19.4 Å². The number of unbranched alkanes of at least 4 members (excludes halogenated alkanes) is 21. The van der Waals surface area contributed by atoms with Gasteiger partial charge in [0, 0.05) is 6.42 Å². The minimum Gasteiger partial charge on any atom is -0.454 e. The summed E-state index contributed by atoms with van der Waals surface area (Å²) in [5.74, 6) is -1.23. The molecule has 8 unspecified atom stereocenters. The summed E-state index contributed by atoms with van der Waals surface area (Å²) in [6, 6.07) is -1.03. The predicted octanol–water partition coefficient (Wildman–Crippen LogP) is 12.1. The Morgan fingerprint density at radius 3 is 1.57 bits per heavy atom. The zero-order valence-electron chi connectivity index (χ0n) is 43.7. The number of nitrogens with one attached hydrogen (secondary N) is 1. The molecule has 0 aliphatic carbocycles. The number of ether oxygens (including phenoxy) is 3. The lowest BCUT2D eigenvalue weighted by atomic mass is 9.99. The molecular formula is C58H101NO10. The van der Waals surface area contributed by atoms with Crippen molar-refractivity contribution in [1.29, 1.82) is 0 Å². The number of allylic oxidation sites excluding steroid dienone is 11. The Labute approximate surface area is 420 Å². The van der Waals surface area contributed by atoms with Gasteiger partial charge in [0.15, 0.2) is 12.4 Å². The molecule has 11 nitrogen and oxygen atoms in total. The second-order valence-corrected chi connectivity index (χ2v) is 18.9. The second kappa shape index (κ2) is 46.2. The van der Waals surface area contributed by atoms with Gasteiger partial charge >= 0.3 is 5.97 Å². The van der Waals surface area contributed by atoms with E-state index in [9.17, 15) is 35.1 Å². The third kappa shape index (κ3) is 35.0. The average Bonchev–Trinajstić information content (AvgIpc) is 3.34. The molecule has 0 saturated carbocycles. The number of rotatable bonds is 45. The number of carbonyl (C=O) groups excluding carboxylic acids is 2. The Balaban J connectivity index is 2.74. The summed E-state index contributed by atoms with van der Waals surface area (Å²) in [5.41, 5.74) is 0. The second-order valence-electron chi connectivity index (χ2n) is 18.9. The van der Waals surface area contributed by atoms with E-state index in [4.69, 9.17) is 14.2 Å². The molecule has 0 aromatic heterocycles. The van der Waals surface area contributed by atoms with E-state index < -0.39 is 67.4 Å². The molecular weight excluding hydrogens is 871 g/mol. The molecule has 0 radical (unpaired) electrons. The minimum atomic E-state index is -1.63. The summed E-state index contributed by atoms with van der Waals surface area (Å²) in [4.78, 5) is 26.4. The molecule has 1 rings (SSSR count). The van der Waals surface area contributed by atoms with Gasteiger partial charge in [0.2, 0.25) is 5.91 Å². The van der Waals surface area contributed by atoms with Crippen molar-refractivity contribution in [3.63, 3.8) is 0 Å². The molecule has 11 heteroatoms. The lowest BCUT2D eigenvalue weighted by molar-refractivity contribution is -0.305. The van der Waals surface area contributed by atoms with E-state index in [1.165, 1.54) is 83.5 Å². The molecule has 1 fully saturated rings. The van der Waals surface area contributed by atoms with Crippen molar-refractivity contribution in [1.82, 2.24) is 5.32 Å². The van der Waals surface area contributed by atoms with Crippen molar-refractivity contribution in [2.24, 2.45) is 0 Å². The van der Waals surface area contributed by atoms with Crippen molar-refractivity contribution >= 4 is 11.9 Å². The van der Waals surface area contributed by atoms with E-state index in [0.717, 1.165) is 89.9 Å². The van der Waals surface area contributed by atoms with E-state index >= 15 is 0 Å². The molecule has 0 aromatic carbocycles. The van der Waals surface area contributed by atoms with Crippen LogP contribution in [0.2, 0.25) is 0 Å². The van der Waals surface area contributed by atoms with Crippen LogP contribution in [0, 0.1) is 0 Å². The first kappa shape index (κ1) is 64.1. The summed E-state index contributed by atoms with van der Waals surface area (Å²) >= 11 is 0. The summed E-state index contributed by atoms with van der Waals surface area (Å²) in [5, 5.41) is 56.6. The number of carbonyl (C=O) groups is 2. The number of aliphatic hydroxyl groups is 5. The zero-order valence-corrected chi connectivity index (χ0v) is 43.7. The molecule has 1 aliphatic rings. The highest BCUT2D eigenvalue weighted by Gasteiger charge is 2.47. The van der Waals surface area contributed by atoms with Crippen LogP contribution in [0.5, 0.6) is 0 Å². The predicted molar refractivity (Wildman–Crippen MR) is 283 cm³/mol. The van der Waals surface area contributed by atoms with E-state index in [0.29, 0.717) is 12.8 Å². The van der Waals surface area contributed by atoms with Crippen LogP contribution in [0.1, 0.15) is 220 Å². The maximum atomic E-state index is 13.3. The molecule has 0 aromatic rings. The maximum Gasteiger partial charge on any atom is 0.306 e. The van der Waals surface area contributed by atoms with Gasteiger partial charge in [0.25, 0.3) is 0 Å². The molecule has 1 heterocycles. The highest BCUT2D eigenvalue weighted by Crippen LogP contribution is 2.26. The van der Waals surface area contributed by atoms with Gasteiger partial charge in [-0.15, -0.1) is 0 Å². The first-order chi connectivity index (χ1) is 33.7. The molecule has 1 saturated heterocycles. The van der Waals surface area contributed by atoms with Gasteiger partial charge in [-0.05, 0) is 70.6 Å². The topological polar surface area (TPSA) is 175 Å². The van der Waals surface area contributed by atoms with Crippen LogP contribution in [0.15, 0.2) is 72.9 Å². The first-order valence-corrected chi connectivity index (χ1v) is 27.7. The minimum absolute atomic E-state index is 0.0826. The molecule has 69 heavy (non-hydrogen) atoms. The van der Waals surface area contributed by atoms with Crippen LogP contribution in [-0.2, 0) is 23.8 Å². The summed E-state index contributed by atoms with van der Waals surface area (Å²) < 4.78 is 17.5. The molecule has 398 valence electrons. The van der Waals surface area contributed by atoms with E-state index in [2.05, 4.69) is 86.8 Å². The fourth-order valence-corrected chi connectivity index (χ4v) is 8.21. The molecule has 0 bridgehead atoms. The monoisotopic (exact) mass is 972 g/mol. The third-order valence-electron chi connectivity index (χ3n) is 12.6. The van der Waals surface area contributed by atoms with Crippen LogP contribution in [0.4, 0.5) is 0 Å². The van der Waals surface area contributed by atoms with Crippen molar-refractivity contribution in [2.75, 3.05) is 13.2 Å². The Hall–Kier alpha value is -2.90. The average molecular weight is 972 g/mol. The van der Waals surface area contributed by atoms with Crippen LogP contribution in [0.25, 0.3) is 0 Å². The summed E-state index contributed by atoms with van der Waals surface area (Å²) in [6.45, 7) is 5.61. The largest absolute Gasteiger partial charge is 0.454 e. The Bertz CT molecular complexity index is 1390. The van der Waals surface area contributed by atoms with Crippen LogP contribution < -0.4 is 5.32 Å². The van der Waals surface area contributed by atoms with Crippen LogP contribution in [-0.4, -0.2) is 99.6 Å². The van der Waals surface area contributed by atoms with Crippen molar-refractivity contribution in [3.05, 3.63) is 72.9 Å². The number of aliphatic hydroxyl groups excluding tert-OH is 5. The van der Waals surface area contributed by atoms with Gasteiger partial charge in [-0.3, -0.25) is 9.59 Å². The Kier molecular flexibility index (Phi) is 42.9. The highest BCUT2D eigenvalue weighted by molar-refractivity contribution is 5.80. The fourth-order valence-electron chi connectivity index (χ4n) is 8.21. The van der Waals surface area contributed by atoms with Crippen LogP contribution in [0.3, 0.4) is 0 Å². The number of hydrogen-bond acceptors (Lipinski definition) is 10. The molecule has 8 atom stereocenters. The van der Waals surface area contributed by atoms with Gasteiger partial charge in [0.05, 0.1) is 25.4 Å². The van der Waals surface area contributed by atoms with Crippen molar-refractivity contribution < 1.29 is 49.3 Å². The summed E-state index contributed by atoms with van der Waals surface area (Å²) in [7, 11) is 0. The number of esters is 1. The highest BCUT2D eigenvalue weighted by atomic mass is 16.7. The first-order valence-electron chi connectivity index (χ1n) is 27.7. The van der Waals surface area contributed by atoms with E-state index in [1.54, 1.807) is 6.08 Å². The van der Waals surface area contributed by atoms with Gasteiger partial charge in [-0.1, -0.05) is 216 Å². The standard InChI is InChI=1S/C58H101NO10/c1-4-7-10-13-16-19-22-23-24-25-26-27-28-29-31-34-37-40-43-46-53(63)69-56-55(65)54(64)52(47-60)68-58(56)67-48-49(50(61)44-41-38-35-33-30-20-17-14-11-8-5-2)59-57(66)51(62)45-42-39-36-32-21-18-15-12-9-6-3/h7,10,16,19,23-24,26-27,29,31,41,44,49-52,54-56,58,60-62,64-65H,4-6,8-9,11-15,17-18,20-22,25,28,30,32-40,42-43,45-48H2,1-3H3,(H,59,66)/b10-7-,19-16-,24-23-,27-26-,31-29-,44-41+. The number of amides is 1. The van der Waals surface area contributed by atoms with Gasteiger partial charge in [0.1, 0.15) is 24.4 Å². The molecule has 1 aliphatic heterocycles. The summed E-state index contributed by atoms with van der Waals surface area (Å²) in [6.07, 6.45) is 46.7. The normalized spacial score (nSPS) is 20.4. The molecule has 0 spiro atoms. The Morgan fingerprint density at radius 1 is 0.580 bits per heavy atom.